The number of nitrogens with zero attached hydrogens (tertiary/aromatic N) is 1. The normalized spacial score (nSPS) is 22.3. The van der Waals surface area contributed by atoms with Gasteiger partial charge >= 0.3 is 0 Å². The molecule has 33 heavy (non-hydrogen) atoms. The van der Waals surface area contributed by atoms with E-state index < -0.39 is 21.9 Å². The highest BCUT2D eigenvalue weighted by molar-refractivity contribution is 7.89. The second kappa shape index (κ2) is 8.44. The molecular weight excluding hydrogens is 443 g/mol. The van der Waals surface area contributed by atoms with E-state index in [0.717, 1.165) is 34.2 Å². The van der Waals surface area contributed by atoms with Gasteiger partial charge in [0.2, 0.25) is 10.0 Å². The van der Waals surface area contributed by atoms with Crippen molar-refractivity contribution >= 4 is 15.7 Å². The predicted octanol–water partition coefficient (Wildman–Crippen LogP) is 4.04. The Kier molecular flexibility index (Phi) is 5.60. The van der Waals surface area contributed by atoms with Gasteiger partial charge in [-0.25, -0.2) is 12.8 Å². The number of benzene rings is 3. The molecule has 0 radical (unpaired) electrons. The number of hydrogen-bond acceptors (Lipinski definition) is 5. The van der Waals surface area contributed by atoms with Crippen LogP contribution in [0.1, 0.15) is 18.0 Å². The molecular formula is C25H25FN2O4S. The van der Waals surface area contributed by atoms with Crippen LogP contribution < -0.4 is 10.1 Å². The summed E-state index contributed by atoms with van der Waals surface area (Å²) in [5.41, 5.74) is 3.46. The number of ether oxygens (including phenoxy) is 1. The third-order valence-electron chi connectivity index (χ3n) is 6.65. The van der Waals surface area contributed by atoms with Gasteiger partial charge in [0, 0.05) is 18.2 Å². The van der Waals surface area contributed by atoms with Gasteiger partial charge in [-0.05, 0) is 59.5 Å². The summed E-state index contributed by atoms with van der Waals surface area (Å²) >= 11 is 0. The number of aliphatic hydroxyl groups excluding tert-OH is 1. The van der Waals surface area contributed by atoms with Crippen molar-refractivity contribution in [2.75, 3.05) is 25.6 Å². The molecule has 0 bridgehead atoms. The molecule has 2 aliphatic heterocycles. The topological polar surface area (TPSA) is 78.9 Å². The molecule has 3 atom stereocenters. The average molecular weight is 469 g/mol. The molecule has 5 rings (SSSR count). The van der Waals surface area contributed by atoms with Crippen LogP contribution in [0.25, 0.3) is 11.1 Å². The van der Waals surface area contributed by atoms with E-state index in [4.69, 9.17) is 4.74 Å². The summed E-state index contributed by atoms with van der Waals surface area (Å²) in [5, 5.41) is 13.4. The van der Waals surface area contributed by atoms with Gasteiger partial charge in [-0.1, -0.05) is 30.3 Å². The summed E-state index contributed by atoms with van der Waals surface area (Å²) in [6.45, 7) is 0.138. The van der Waals surface area contributed by atoms with E-state index in [-0.39, 0.29) is 30.0 Å². The maximum absolute atomic E-state index is 14.5. The first-order valence-electron chi connectivity index (χ1n) is 10.9. The Morgan fingerprint density at radius 1 is 1.09 bits per heavy atom. The van der Waals surface area contributed by atoms with Gasteiger partial charge in [0.25, 0.3) is 0 Å². The lowest BCUT2D eigenvalue weighted by Gasteiger charge is -2.39. The molecule has 172 valence electrons. The lowest BCUT2D eigenvalue weighted by atomic mass is 9.82. The van der Waals surface area contributed by atoms with Crippen LogP contribution in [0.5, 0.6) is 5.75 Å². The van der Waals surface area contributed by atoms with Crippen molar-refractivity contribution in [2.45, 2.75) is 23.4 Å². The van der Waals surface area contributed by atoms with Gasteiger partial charge in [-0.2, -0.15) is 4.31 Å². The van der Waals surface area contributed by atoms with Gasteiger partial charge in [-0.15, -0.1) is 0 Å². The Hall–Kier alpha value is -2.94. The standard InChI is InChI=1S/C25H25FN2O4S/c1-32-18-6-4-5-16(13-18)17-9-10-22-20(14-17)25-19(23(15-29)27-22)11-12-28(25)33(30,31)24-8-3-2-7-21(24)26/h2-10,13-14,19,23,25,27,29H,11-12,15H2,1H3/t19-,23+,25-/m0/s1. The highest BCUT2D eigenvalue weighted by Gasteiger charge is 2.49. The van der Waals surface area contributed by atoms with E-state index in [9.17, 15) is 17.9 Å². The molecule has 1 fully saturated rings. The monoisotopic (exact) mass is 468 g/mol. The van der Waals surface area contributed by atoms with Crippen molar-refractivity contribution in [3.63, 3.8) is 0 Å². The molecule has 2 aliphatic rings. The molecule has 0 saturated carbocycles. The van der Waals surface area contributed by atoms with Gasteiger partial charge in [0.1, 0.15) is 16.5 Å². The molecule has 0 amide bonds. The fraction of sp³-hybridized carbons (Fsp3) is 0.280. The second-order valence-electron chi connectivity index (χ2n) is 8.41. The molecule has 1 saturated heterocycles. The summed E-state index contributed by atoms with van der Waals surface area (Å²) in [4.78, 5) is -0.324. The maximum Gasteiger partial charge on any atom is 0.246 e. The molecule has 3 aromatic carbocycles. The Balaban J connectivity index is 1.62. The van der Waals surface area contributed by atoms with Crippen LogP contribution in [-0.4, -0.2) is 44.1 Å². The number of methoxy groups -OCH3 is 1. The lowest BCUT2D eigenvalue weighted by Crippen LogP contribution is -2.43. The third kappa shape index (κ3) is 3.68. The van der Waals surface area contributed by atoms with Crippen LogP contribution in [0.2, 0.25) is 0 Å². The van der Waals surface area contributed by atoms with Gasteiger partial charge in [-0.3, -0.25) is 0 Å². The van der Waals surface area contributed by atoms with Crippen molar-refractivity contribution in [3.8, 4) is 16.9 Å². The molecule has 0 spiro atoms. The molecule has 0 unspecified atom stereocenters. The maximum atomic E-state index is 14.5. The number of sulfonamides is 1. The van der Waals surface area contributed by atoms with Crippen LogP contribution in [0.15, 0.2) is 71.6 Å². The molecule has 8 heteroatoms. The molecule has 6 nitrogen and oxygen atoms in total. The molecule has 3 aromatic rings. The molecule has 2 heterocycles. The van der Waals surface area contributed by atoms with E-state index in [1.165, 1.54) is 22.5 Å². The Bertz CT molecular complexity index is 1300. The summed E-state index contributed by atoms with van der Waals surface area (Å²) in [5.74, 6) is -0.172. The van der Waals surface area contributed by atoms with Crippen molar-refractivity contribution in [2.24, 2.45) is 5.92 Å². The van der Waals surface area contributed by atoms with Crippen LogP contribution in [-0.2, 0) is 10.0 Å². The number of nitrogens with one attached hydrogen (secondary N) is 1. The molecule has 0 aliphatic carbocycles. The van der Waals surface area contributed by atoms with Gasteiger partial charge < -0.3 is 15.2 Å². The zero-order chi connectivity index (χ0) is 23.2. The predicted molar refractivity (Wildman–Crippen MR) is 124 cm³/mol. The van der Waals surface area contributed by atoms with E-state index >= 15 is 0 Å². The van der Waals surface area contributed by atoms with E-state index in [0.29, 0.717) is 6.42 Å². The Morgan fingerprint density at radius 3 is 2.64 bits per heavy atom. The number of fused-ring (bicyclic) bond motifs is 3. The SMILES string of the molecule is COc1cccc(-c2ccc3c(c2)[C@@H]2[C@@H](CCN2S(=O)(=O)c2ccccc2F)[C@@H](CO)N3)c1. The quantitative estimate of drug-likeness (QED) is 0.591. The van der Waals surface area contributed by atoms with E-state index in [1.54, 1.807) is 7.11 Å². The minimum absolute atomic E-state index is 0.119. The summed E-state index contributed by atoms with van der Waals surface area (Å²) in [6, 6.07) is 18.2. The first kappa shape index (κ1) is 21.9. The Morgan fingerprint density at radius 2 is 1.88 bits per heavy atom. The number of halogens is 1. The van der Waals surface area contributed by atoms with Crippen molar-refractivity contribution < 1.29 is 22.7 Å². The third-order valence-corrected chi connectivity index (χ3v) is 8.56. The van der Waals surface area contributed by atoms with Crippen molar-refractivity contribution in [1.82, 2.24) is 4.31 Å². The van der Waals surface area contributed by atoms with Crippen molar-refractivity contribution in [3.05, 3.63) is 78.1 Å². The summed E-state index contributed by atoms with van der Waals surface area (Å²) in [6.07, 6.45) is 0.569. The van der Waals surface area contributed by atoms with Gasteiger partial charge in [0.15, 0.2) is 0 Å². The summed E-state index contributed by atoms with van der Waals surface area (Å²) < 4.78 is 48.3. The smallest absolute Gasteiger partial charge is 0.246 e. The lowest BCUT2D eigenvalue weighted by molar-refractivity contribution is 0.210. The van der Waals surface area contributed by atoms with E-state index in [1.807, 2.05) is 42.5 Å². The van der Waals surface area contributed by atoms with Crippen LogP contribution >= 0.6 is 0 Å². The highest BCUT2D eigenvalue weighted by atomic mass is 32.2. The van der Waals surface area contributed by atoms with Crippen LogP contribution in [0.3, 0.4) is 0 Å². The van der Waals surface area contributed by atoms with Crippen molar-refractivity contribution in [1.29, 1.82) is 0 Å². The first-order valence-corrected chi connectivity index (χ1v) is 12.3. The first-order chi connectivity index (χ1) is 15.9. The fourth-order valence-electron chi connectivity index (χ4n) is 5.05. The fourth-order valence-corrected chi connectivity index (χ4v) is 6.78. The minimum Gasteiger partial charge on any atom is -0.497 e. The highest BCUT2D eigenvalue weighted by Crippen LogP contribution is 2.49. The second-order valence-corrected chi connectivity index (χ2v) is 10.3. The minimum atomic E-state index is -4.07. The number of anilines is 1. The average Bonchev–Trinajstić information content (AvgIpc) is 3.30. The molecule has 2 N–H and O–H groups in total. The largest absolute Gasteiger partial charge is 0.497 e. The molecule has 0 aromatic heterocycles. The zero-order valence-electron chi connectivity index (χ0n) is 18.1. The number of aliphatic hydroxyl groups is 1. The van der Waals surface area contributed by atoms with Crippen LogP contribution in [0, 0.1) is 11.7 Å². The zero-order valence-corrected chi connectivity index (χ0v) is 18.9. The summed E-state index contributed by atoms with van der Waals surface area (Å²) in [7, 11) is -2.46. The number of hydrogen-bond donors (Lipinski definition) is 2. The van der Waals surface area contributed by atoms with Crippen LogP contribution in [0.4, 0.5) is 10.1 Å². The number of rotatable bonds is 5. The van der Waals surface area contributed by atoms with Gasteiger partial charge in [0.05, 0.1) is 25.8 Å². The Labute approximate surface area is 192 Å². The van der Waals surface area contributed by atoms with E-state index in [2.05, 4.69) is 5.32 Å².